The van der Waals surface area contributed by atoms with Gasteiger partial charge in [-0.05, 0) is 86.8 Å². The molecule has 1 aromatic carbocycles. The second-order valence-corrected chi connectivity index (χ2v) is 9.77. The van der Waals surface area contributed by atoms with E-state index in [0.717, 1.165) is 23.3 Å². The highest BCUT2D eigenvalue weighted by atomic mass is 16.5. The fraction of sp³-hybridized carbons (Fsp3) is 0.667. The van der Waals surface area contributed by atoms with Gasteiger partial charge < -0.3 is 20.1 Å². The van der Waals surface area contributed by atoms with Gasteiger partial charge in [-0.1, -0.05) is 0 Å². The number of hydrogen-bond donors (Lipinski definition) is 2. The van der Waals surface area contributed by atoms with Gasteiger partial charge in [-0.3, -0.25) is 9.59 Å². The molecule has 0 aromatic heterocycles. The van der Waals surface area contributed by atoms with E-state index in [9.17, 15) is 9.59 Å². The molecule has 0 spiro atoms. The fourth-order valence-electron chi connectivity index (χ4n) is 6.64. The molecule has 0 saturated heterocycles. The molecule has 0 heterocycles. The summed E-state index contributed by atoms with van der Waals surface area (Å²) in [6.45, 7) is 1.90. The Kier molecular flexibility index (Phi) is 5.94. The maximum atomic E-state index is 12.6. The molecule has 30 heavy (non-hydrogen) atoms. The van der Waals surface area contributed by atoms with Crippen molar-refractivity contribution in [2.24, 2.45) is 23.2 Å². The van der Waals surface area contributed by atoms with Gasteiger partial charge in [0.2, 0.25) is 11.8 Å². The predicted molar refractivity (Wildman–Crippen MR) is 114 cm³/mol. The topological polar surface area (TPSA) is 76.7 Å². The van der Waals surface area contributed by atoms with Crippen LogP contribution >= 0.6 is 0 Å². The minimum absolute atomic E-state index is 0.00181. The van der Waals surface area contributed by atoms with Crippen molar-refractivity contribution in [1.29, 1.82) is 0 Å². The van der Waals surface area contributed by atoms with Gasteiger partial charge in [0.25, 0.3) is 0 Å². The number of methoxy groups -OCH3 is 2. The summed E-state index contributed by atoms with van der Waals surface area (Å²) in [5.41, 5.74) is 1.03. The summed E-state index contributed by atoms with van der Waals surface area (Å²) < 4.78 is 10.7. The molecule has 4 saturated carbocycles. The van der Waals surface area contributed by atoms with Gasteiger partial charge >= 0.3 is 0 Å². The number of nitrogens with one attached hydrogen (secondary N) is 2. The lowest BCUT2D eigenvalue weighted by Crippen LogP contribution is -2.48. The summed E-state index contributed by atoms with van der Waals surface area (Å²) in [5.74, 6) is 3.68. The van der Waals surface area contributed by atoms with Crippen LogP contribution in [0.15, 0.2) is 18.2 Å². The molecule has 4 bridgehead atoms. The Morgan fingerprint density at radius 2 is 1.67 bits per heavy atom. The van der Waals surface area contributed by atoms with Crippen LogP contribution in [-0.4, -0.2) is 32.6 Å². The molecule has 4 aliphatic rings. The highest BCUT2D eigenvalue weighted by Gasteiger charge is 2.51. The van der Waals surface area contributed by atoms with Crippen molar-refractivity contribution in [2.45, 2.75) is 57.9 Å². The Morgan fingerprint density at radius 1 is 1.03 bits per heavy atom. The second-order valence-electron chi connectivity index (χ2n) is 9.77. The molecule has 5 rings (SSSR count). The van der Waals surface area contributed by atoms with Crippen LogP contribution in [0.2, 0.25) is 0 Å². The summed E-state index contributed by atoms with van der Waals surface area (Å²) >= 11 is 0. The van der Waals surface area contributed by atoms with Crippen LogP contribution in [-0.2, 0) is 9.59 Å². The first-order valence-corrected chi connectivity index (χ1v) is 11.2. The largest absolute Gasteiger partial charge is 0.497 e. The Balaban J connectivity index is 1.28. The Morgan fingerprint density at radius 3 is 2.23 bits per heavy atom. The molecule has 0 aliphatic heterocycles. The monoisotopic (exact) mass is 414 g/mol. The van der Waals surface area contributed by atoms with E-state index < -0.39 is 0 Å². The van der Waals surface area contributed by atoms with Gasteiger partial charge in [0.15, 0.2) is 0 Å². The number of rotatable bonds is 8. The van der Waals surface area contributed by atoms with E-state index in [4.69, 9.17) is 9.47 Å². The smallest absolute Gasteiger partial charge is 0.239 e. The van der Waals surface area contributed by atoms with Crippen molar-refractivity contribution in [3.8, 4) is 11.5 Å². The van der Waals surface area contributed by atoms with Gasteiger partial charge in [-0.2, -0.15) is 0 Å². The summed E-state index contributed by atoms with van der Waals surface area (Å²) in [6, 6.07) is 5.24. The first-order valence-electron chi connectivity index (χ1n) is 11.2. The molecule has 4 aliphatic carbocycles. The highest BCUT2D eigenvalue weighted by molar-refractivity contribution is 5.85. The first-order chi connectivity index (χ1) is 14.4. The van der Waals surface area contributed by atoms with Crippen molar-refractivity contribution in [3.63, 3.8) is 0 Å². The van der Waals surface area contributed by atoms with Crippen molar-refractivity contribution in [3.05, 3.63) is 23.8 Å². The van der Waals surface area contributed by atoms with Crippen LogP contribution in [0.25, 0.3) is 0 Å². The summed E-state index contributed by atoms with van der Waals surface area (Å²) in [5, 5.41) is 5.81. The molecule has 4 fully saturated rings. The van der Waals surface area contributed by atoms with E-state index in [-0.39, 0.29) is 29.8 Å². The van der Waals surface area contributed by atoms with E-state index in [2.05, 4.69) is 10.6 Å². The summed E-state index contributed by atoms with van der Waals surface area (Å²) in [6.07, 6.45) is 8.28. The van der Waals surface area contributed by atoms with Crippen LogP contribution in [0, 0.1) is 23.2 Å². The molecule has 1 aromatic rings. The van der Waals surface area contributed by atoms with Crippen LogP contribution in [0.3, 0.4) is 0 Å². The number of hydrogen-bond acceptors (Lipinski definition) is 4. The number of carbonyl (C=O) groups excluding carboxylic acids is 2. The SMILES string of the molecule is COc1ccc(OC)c([C@@H](C)NC(=O)CNC(=O)CC23CC4CC(CC(C4)C2)C3)c1. The Hall–Kier alpha value is -2.24. The molecular weight excluding hydrogens is 380 g/mol. The normalized spacial score (nSPS) is 29.9. The van der Waals surface area contributed by atoms with Gasteiger partial charge in [-0.15, -0.1) is 0 Å². The number of carbonyl (C=O) groups is 2. The van der Waals surface area contributed by atoms with Gasteiger partial charge in [0.05, 0.1) is 26.8 Å². The zero-order valence-electron chi connectivity index (χ0n) is 18.3. The average Bonchev–Trinajstić information content (AvgIpc) is 2.70. The summed E-state index contributed by atoms with van der Waals surface area (Å²) in [4.78, 5) is 25.1. The molecule has 1 atom stereocenters. The zero-order valence-corrected chi connectivity index (χ0v) is 18.3. The van der Waals surface area contributed by atoms with Gasteiger partial charge in [0, 0.05) is 12.0 Å². The molecule has 6 heteroatoms. The third-order valence-electron chi connectivity index (χ3n) is 7.43. The maximum Gasteiger partial charge on any atom is 0.239 e. The second kappa shape index (κ2) is 8.48. The predicted octanol–water partition coefficient (Wildman–Crippen LogP) is 3.60. The lowest BCUT2D eigenvalue weighted by molar-refractivity contribution is -0.132. The standard InChI is InChI=1S/C24H34N2O4/c1-15(20-9-19(29-2)4-5-21(20)30-3)26-23(28)14-25-22(27)13-24-10-16-6-17(11-24)8-18(7-16)12-24/h4-5,9,15-18H,6-8,10-14H2,1-3H3,(H,25,27)(H,26,28)/t15-,16?,17?,18?,24?/m1/s1. The van der Waals surface area contributed by atoms with Crippen LogP contribution in [0.5, 0.6) is 11.5 Å². The first kappa shape index (κ1) is 21.0. The molecule has 164 valence electrons. The van der Waals surface area contributed by atoms with Crippen LogP contribution < -0.4 is 20.1 Å². The van der Waals surface area contributed by atoms with E-state index in [1.165, 1.54) is 38.5 Å². The van der Waals surface area contributed by atoms with Crippen molar-refractivity contribution >= 4 is 11.8 Å². The number of ether oxygens (including phenoxy) is 2. The Labute approximate surface area is 179 Å². The van der Waals surface area contributed by atoms with Crippen molar-refractivity contribution < 1.29 is 19.1 Å². The van der Waals surface area contributed by atoms with E-state index >= 15 is 0 Å². The lowest BCUT2D eigenvalue weighted by atomic mass is 9.49. The molecule has 2 N–H and O–H groups in total. The molecule has 2 amide bonds. The minimum Gasteiger partial charge on any atom is -0.497 e. The third-order valence-corrected chi connectivity index (χ3v) is 7.43. The minimum atomic E-state index is -0.261. The third kappa shape index (κ3) is 4.42. The number of benzene rings is 1. The lowest BCUT2D eigenvalue weighted by Gasteiger charge is -2.56. The van der Waals surface area contributed by atoms with E-state index in [1.54, 1.807) is 14.2 Å². The number of amides is 2. The van der Waals surface area contributed by atoms with Crippen LogP contribution in [0.1, 0.15) is 63.5 Å². The average molecular weight is 415 g/mol. The molecule has 0 unspecified atom stereocenters. The maximum absolute atomic E-state index is 12.6. The van der Waals surface area contributed by atoms with Crippen molar-refractivity contribution in [1.82, 2.24) is 10.6 Å². The van der Waals surface area contributed by atoms with Crippen molar-refractivity contribution in [2.75, 3.05) is 20.8 Å². The zero-order chi connectivity index (χ0) is 21.3. The molecule has 0 radical (unpaired) electrons. The summed E-state index contributed by atoms with van der Waals surface area (Å²) in [7, 11) is 3.21. The fourth-order valence-corrected chi connectivity index (χ4v) is 6.64. The quantitative estimate of drug-likeness (QED) is 0.681. The van der Waals surface area contributed by atoms with Crippen LogP contribution in [0.4, 0.5) is 0 Å². The molecule has 6 nitrogen and oxygen atoms in total. The van der Waals surface area contributed by atoms with E-state index in [1.807, 2.05) is 25.1 Å². The van der Waals surface area contributed by atoms with Gasteiger partial charge in [-0.25, -0.2) is 0 Å². The highest BCUT2D eigenvalue weighted by Crippen LogP contribution is 2.61. The van der Waals surface area contributed by atoms with E-state index in [0.29, 0.717) is 17.9 Å². The Bertz CT molecular complexity index is 771. The molecular formula is C24H34N2O4. The van der Waals surface area contributed by atoms with Gasteiger partial charge in [0.1, 0.15) is 11.5 Å².